The Bertz CT molecular complexity index is 295. The third kappa shape index (κ3) is 2.43. The van der Waals surface area contributed by atoms with Crippen LogP contribution in [0.2, 0.25) is 0 Å². The lowest BCUT2D eigenvalue weighted by Gasteiger charge is -2.21. The van der Waals surface area contributed by atoms with Crippen molar-refractivity contribution in [3.8, 4) is 0 Å². The molecule has 1 fully saturated rings. The van der Waals surface area contributed by atoms with Crippen LogP contribution in [0.3, 0.4) is 0 Å². The van der Waals surface area contributed by atoms with E-state index in [9.17, 15) is 14.4 Å². The molecule has 1 saturated heterocycles. The third-order valence-corrected chi connectivity index (χ3v) is 2.33. The number of hydrogen-bond donors (Lipinski definition) is 1. The number of imide groups is 1. The monoisotopic (exact) mass is 211 g/mol. The second-order valence-corrected chi connectivity index (χ2v) is 3.38. The van der Waals surface area contributed by atoms with Gasteiger partial charge >= 0.3 is 5.97 Å². The number of amides is 2. The SMILES string of the molecule is C=CCCC(C(=O)O)N1C(=O)CCC1=O. The molecule has 5 heteroatoms. The highest BCUT2D eigenvalue weighted by Gasteiger charge is 2.38. The molecule has 5 nitrogen and oxygen atoms in total. The quantitative estimate of drug-likeness (QED) is 0.532. The summed E-state index contributed by atoms with van der Waals surface area (Å²) >= 11 is 0. The first-order chi connectivity index (χ1) is 7.07. The van der Waals surface area contributed by atoms with Gasteiger partial charge < -0.3 is 5.11 Å². The van der Waals surface area contributed by atoms with Crippen molar-refractivity contribution in [3.05, 3.63) is 12.7 Å². The summed E-state index contributed by atoms with van der Waals surface area (Å²) in [6.07, 6.45) is 2.51. The van der Waals surface area contributed by atoms with Gasteiger partial charge in [0, 0.05) is 12.8 Å². The van der Waals surface area contributed by atoms with Crippen molar-refractivity contribution in [2.45, 2.75) is 31.7 Å². The van der Waals surface area contributed by atoms with Crippen molar-refractivity contribution in [2.75, 3.05) is 0 Å². The highest BCUT2D eigenvalue weighted by atomic mass is 16.4. The van der Waals surface area contributed by atoms with E-state index in [-0.39, 0.29) is 19.3 Å². The lowest BCUT2D eigenvalue weighted by Crippen LogP contribution is -2.44. The first-order valence-corrected chi connectivity index (χ1v) is 4.76. The maximum atomic E-state index is 11.3. The van der Waals surface area contributed by atoms with E-state index in [1.807, 2.05) is 0 Å². The van der Waals surface area contributed by atoms with Gasteiger partial charge in [0.1, 0.15) is 6.04 Å². The van der Waals surface area contributed by atoms with E-state index in [0.717, 1.165) is 4.90 Å². The first-order valence-electron chi connectivity index (χ1n) is 4.76. The molecule has 1 aliphatic rings. The number of carbonyl (C=O) groups excluding carboxylic acids is 2. The molecule has 1 N–H and O–H groups in total. The molecule has 1 heterocycles. The fourth-order valence-corrected chi connectivity index (χ4v) is 1.58. The Morgan fingerprint density at radius 3 is 2.40 bits per heavy atom. The van der Waals surface area contributed by atoms with Crippen LogP contribution in [0.1, 0.15) is 25.7 Å². The number of aliphatic carboxylic acids is 1. The molecule has 0 aromatic rings. The van der Waals surface area contributed by atoms with Crippen LogP contribution in [-0.2, 0) is 14.4 Å². The summed E-state index contributed by atoms with van der Waals surface area (Å²) in [7, 11) is 0. The molecule has 1 rings (SSSR count). The molecule has 1 atom stereocenters. The Kier molecular flexibility index (Phi) is 3.60. The minimum atomic E-state index is -1.14. The van der Waals surface area contributed by atoms with Gasteiger partial charge in [0.05, 0.1) is 0 Å². The molecule has 1 aliphatic heterocycles. The molecule has 82 valence electrons. The number of likely N-dealkylation sites (tertiary alicyclic amines) is 1. The molecule has 0 aromatic carbocycles. The first kappa shape index (κ1) is 11.4. The van der Waals surface area contributed by atoms with Gasteiger partial charge in [-0.1, -0.05) is 6.08 Å². The zero-order chi connectivity index (χ0) is 11.4. The van der Waals surface area contributed by atoms with Gasteiger partial charge in [0.15, 0.2) is 0 Å². The molecular formula is C10H13NO4. The smallest absolute Gasteiger partial charge is 0.326 e. The summed E-state index contributed by atoms with van der Waals surface area (Å²) in [5.74, 6) is -1.92. The minimum Gasteiger partial charge on any atom is -0.480 e. The van der Waals surface area contributed by atoms with Gasteiger partial charge in [0.2, 0.25) is 11.8 Å². The van der Waals surface area contributed by atoms with Crippen LogP contribution in [0.25, 0.3) is 0 Å². The molecule has 2 amide bonds. The summed E-state index contributed by atoms with van der Waals surface area (Å²) in [5, 5.41) is 8.92. The Labute approximate surface area is 87.4 Å². The molecular weight excluding hydrogens is 198 g/mol. The Balaban J connectivity index is 2.78. The second kappa shape index (κ2) is 4.72. The largest absolute Gasteiger partial charge is 0.480 e. The summed E-state index contributed by atoms with van der Waals surface area (Å²) < 4.78 is 0. The second-order valence-electron chi connectivity index (χ2n) is 3.38. The minimum absolute atomic E-state index is 0.122. The van der Waals surface area contributed by atoms with Gasteiger partial charge in [-0.3, -0.25) is 14.5 Å². The standard InChI is InChI=1S/C10H13NO4/c1-2-3-4-7(10(14)15)11-8(12)5-6-9(11)13/h2,7H,1,3-6H2,(H,14,15). The summed E-state index contributed by atoms with van der Waals surface area (Å²) in [5.41, 5.74) is 0. The number of allylic oxidation sites excluding steroid dienone is 1. The van der Waals surface area contributed by atoms with Crippen molar-refractivity contribution in [1.82, 2.24) is 4.90 Å². The van der Waals surface area contributed by atoms with Crippen LogP contribution in [0.15, 0.2) is 12.7 Å². The van der Waals surface area contributed by atoms with Crippen LogP contribution in [0.4, 0.5) is 0 Å². The van der Waals surface area contributed by atoms with E-state index in [1.165, 1.54) is 0 Å². The summed E-state index contributed by atoms with van der Waals surface area (Å²) in [4.78, 5) is 34.4. The third-order valence-electron chi connectivity index (χ3n) is 2.33. The molecule has 1 unspecified atom stereocenters. The molecule has 15 heavy (non-hydrogen) atoms. The predicted octanol–water partition coefficient (Wildman–Crippen LogP) is 0.555. The highest BCUT2D eigenvalue weighted by Crippen LogP contribution is 2.18. The fraction of sp³-hybridized carbons (Fsp3) is 0.500. The van der Waals surface area contributed by atoms with Crippen LogP contribution >= 0.6 is 0 Å². The van der Waals surface area contributed by atoms with Crippen LogP contribution in [0, 0.1) is 0 Å². The number of carboxylic acid groups (broad SMARTS) is 1. The Hall–Kier alpha value is -1.65. The van der Waals surface area contributed by atoms with E-state index in [1.54, 1.807) is 6.08 Å². The van der Waals surface area contributed by atoms with E-state index < -0.39 is 23.8 Å². The van der Waals surface area contributed by atoms with Gasteiger partial charge in [-0.25, -0.2) is 4.79 Å². The maximum Gasteiger partial charge on any atom is 0.326 e. The molecule has 0 saturated carbocycles. The number of rotatable bonds is 5. The molecule has 0 aromatic heterocycles. The number of carbonyl (C=O) groups is 3. The normalized spacial score (nSPS) is 18.0. The number of carboxylic acids is 1. The Morgan fingerprint density at radius 2 is 2.00 bits per heavy atom. The van der Waals surface area contributed by atoms with E-state index in [4.69, 9.17) is 5.11 Å². The lowest BCUT2D eigenvalue weighted by molar-refractivity contribution is -0.154. The number of hydrogen-bond acceptors (Lipinski definition) is 3. The average Bonchev–Trinajstić information content (AvgIpc) is 2.49. The molecule has 0 radical (unpaired) electrons. The zero-order valence-electron chi connectivity index (χ0n) is 8.31. The zero-order valence-corrected chi connectivity index (χ0v) is 8.31. The van der Waals surface area contributed by atoms with Crippen molar-refractivity contribution in [2.24, 2.45) is 0 Å². The van der Waals surface area contributed by atoms with Gasteiger partial charge in [-0.05, 0) is 12.8 Å². The summed E-state index contributed by atoms with van der Waals surface area (Å²) in [6.45, 7) is 3.48. The average molecular weight is 211 g/mol. The lowest BCUT2D eigenvalue weighted by atomic mass is 10.1. The van der Waals surface area contributed by atoms with Gasteiger partial charge in [-0.15, -0.1) is 6.58 Å². The predicted molar refractivity (Wildman–Crippen MR) is 51.9 cm³/mol. The van der Waals surface area contributed by atoms with E-state index >= 15 is 0 Å². The van der Waals surface area contributed by atoms with Gasteiger partial charge in [0.25, 0.3) is 0 Å². The maximum absolute atomic E-state index is 11.3. The van der Waals surface area contributed by atoms with Crippen LogP contribution < -0.4 is 0 Å². The van der Waals surface area contributed by atoms with Crippen molar-refractivity contribution < 1.29 is 19.5 Å². The van der Waals surface area contributed by atoms with E-state index in [2.05, 4.69) is 6.58 Å². The van der Waals surface area contributed by atoms with Crippen LogP contribution in [0.5, 0.6) is 0 Å². The molecule has 0 spiro atoms. The summed E-state index contributed by atoms with van der Waals surface area (Å²) in [6, 6.07) is -1.04. The van der Waals surface area contributed by atoms with E-state index in [0.29, 0.717) is 6.42 Å². The molecule has 0 bridgehead atoms. The topological polar surface area (TPSA) is 74.7 Å². The molecule has 0 aliphatic carbocycles. The van der Waals surface area contributed by atoms with Crippen LogP contribution in [-0.4, -0.2) is 33.8 Å². The van der Waals surface area contributed by atoms with Crippen molar-refractivity contribution >= 4 is 17.8 Å². The highest BCUT2D eigenvalue weighted by molar-refractivity contribution is 6.04. The van der Waals surface area contributed by atoms with Crippen molar-refractivity contribution in [1.29, 1.82) is 0 Å². The van der Waals surface area contributed by atoms with Crippen molar-refractivity contribution in [3.63, 3.8) is 0 Å². The fourth-order valence-electron chi connectivity index (χ4n) is 1.58. The van der Waals surface area contributed by atoms with Gasteiger partial charge in [-0.2, -0.15) is 0 Å². The number of nitrogens with zero attached hydrogens (tertiary/aromatic N) is 1. The Morgan fingerprint density at radius 1 is 1.47 bits per heavy atom.